The highest BCUT2D eigenvalue weighted by Crippen LogP contribution is 2.27. The zero-order valence-corrected chi connectivity index (χ0v) is 10.9. The number of rotatable bonds is 5. The van der Waals surface area contributed by atoms with Gasteiger partial charge in [0.05, 0.1) is 13.2 Å². The summed E-state index contributed by atoms with van der Waals surface area (Å²) in [6, 6.07) is 5.15. The fourth-order valence-electron chi connectivity index (χ4n) is 2.39. The normalized spacial score (nSPS) is 18.2. The first-order valence-corrected chi connectivity index (χ1v) is 6.33. The van der Waals surface area contributed by atoms with Gasteiger partial charge in [-0.3, -0.25) is 4.79 Å². The Bertz CT molecular complexity index is 532. The van der Waals surface area contributed by atoms with E-state index in [9.17, 15) is 15.0 Å². The van der Waals surface area contributed by atoms with Crippen molar-refractivity contribution in [2.24, 2.45) is 11.0 Å². The van der Waals surface area contributed by atoms with Crippen LogP contribution in [0.5, 0.6) is 0 Å². The van der Waals surface area contributed by atoms with Gasteiger partial charge in [-0.15, -0.1) is 0 Å². The first-order chi connectivity index (χ1) is 9.67. The third kappa shape index (κ3) is 3.08. The highest BCUT2D eigenvalue weighted by molar-refractivity contribution is 5.95. The third-order valence-corrected chi connectivity index (χ3v) is 3.32. The van der Waals surface area contributed by atoms with E-state index in [1.54, 1.807) is 23.1 Å². The largest absolute Gasteiger partial charge is 0.392 e. The van der Waals surface area contributed by atoms with Crippen LogP contribution in [0.1, 0.15) is 17.5 Å². The van der Waals surface area contributed by atoms with Gasteiger partial charge >= 0.3 is 0 Å². The zero-order chi connectivity index (χ0) is 14.5. The minimum Gasteiger partial charge on any atom is -0.392 e. The Morgan fingerprint density at radius 2 is 1.95 bits per heavy atom. The number of hydrogen-bond donors (Lipinski definition) is 2. The number of carbonyl (C=O) groups excluding carboxylic acids is 1. The predicted molar refractivity (Wildman–Crippen MR) is 72.8 cm³/mol. The molecule has 20 heavy (non-hydrogen) atoms. The summed E-state index contributed by atoms with van der Waals surface area (Å²) in [5.74, 6) is -0.0316. The van der Waals surface area contributed by atoms with Crippen LogP contribution in [0.15, 0.2) is 23.3 Å². The molecule has 0 spiro atoms. The number of aliphatic hydroxyl groups excluding tert-OH is 2. The van der Waals surface area contributed by atoms with Gasteiger partial charge in [-0.25, -0.2) is 0 Å². The van der Waals surface area contributed by atoms with Gasteiger partial charge in [0.2, 0.25) is 5.91 Å². The zero-order valence-electron chi connectivity index (χ0n) is 10.9. The van der Waals surface area contributed by atoms with E-state index in [2.05, 4.69) is 10.0 Å². The lowest BCUT2D eigenvalue weighted by molar-refractivity contribution is -0.117. The first kappa shape index (κ1) is 14.3. The molecule has 1 aromatic rings. The van der Waals surface area contributed by atoms with Crippen LogP contribution in [0.2, 0.25) is 0 Å². The lowest BCUT2D eigenvalue weighted by atomic mass is 10.1. The second-order valence-electron chi connectivity index (χ2n) is 4.81. The fraction of sp³-hybridized carbons (Fsp3) is 0.462. The molecule has 0 radical (unpaired) electrons. The molecule has 1 atom stereocenters. The van der Waals surface area contributed by atoms with Crippen molar-refractivity contribution in [1.82, 2.24) is 0 Å². The van der Waals surface area contributed by atoms with Crippen molar-refractivity contribution in [3.05, 3.63) is 39.8 Å². The topological polar surface area (TPSA) is 110 Å². The molecule has 106 valence electrons. The molecule has 1 heterocycles. The molecule has 7 heteroatoms. The molecule has 0 bridgehead atoms. The predicted octanol–water partition coefficient (Wildman–Crippen LogP) is 1.33. The number of amides is 1. The maximum Gasteiger partial charge on any atom is 0.227 e. The monoisotopic (exact) mass is 276 g/mol. The van der Waals surface area contributed by atoms with E-state index in [4.69, 9.17) is 5.53 Å². The molecule has 1 amide bonds. The summed E-state index contributed by atoms with van der Waals surface area (Å²) in [6.07, 6.45) is 0.344. The lowest BCUT2D eigenvalue weighted by Gasteiger charge is -2.18. The Balaban J connectivity index is 2.22. The van der Waals surface area contributed by atoms with Crippen LogP contribution >= 0.6 is 0 Å². The van der Waals surface area contributed by atoms with Crippen LogP contribution in [-0.2, 0) is 18.0 Å². The summed E-state index contributed by atoms with van der Waals surface area (Å²) in [5, 5.41) is 21.9. The molecule has 7 nitrogen and oxygen atoms in total. The SMILES string of the molecule is [N-]=[N+]=NCC1CC(=O)N(c2cc(CO)cc(CO)c2)C1. The van der Waals surface area contributed by atoms with Crippen molar-refractivity contribution in [3.8, 4) is 0 Å². The number of carbonyl (C=O) groups is 1. The summed E-state index contributed by atoms with van der Waals surface area (Å²) in [6.45, 7) is 0.485. The summed E-state index contributed by atoms with van der Waals surface area (Å²) < 4.78 is 0. The second kappa shape index (κ2) is 6.38. The van der Waals surface area contributed by atoms with Crippen LogP contribution in [0, 0.1) is 5.92 Å². The van der Waals surface area contributed by atoms with Crippen LogP contribution in [0.4, 0.5) is 5.69 Å². The van der Waals surface area contributed by atoms with Crippen LogP contribution in [0.25, 0.3) is 10.4 Å². The minimum atomic E-state index is -0.148. The number of hydrogen-bond acceptors (Lipinski definition) is 4. The Hall–Kier alpha value is -2.08. The Kier molecular flexibility index (Phi) is 4.57. The number of nitrogens with zero attached hydrogens (tertiary/aromatic N) is 4. The van der Waals surface area contributed by atoms with Gasteiger partial charge in [0.15, 0.2) is 0 Å². The van der Waals surface area contributed by atoms with Gasteiger partial charge in [0.1, 0.15) is 0 Å². The molecule has 1 aromatic carbocycles. The molecule has 0 aliphatic carbocycles. The molecular formula is C13H16N4O3. The van der Waals surface area contributed by atoms with E-state index in [0.717, 1.165) is 0 Å². The maximum atomic E-state index is 12.0. The summed E-state index contributed by atoms with van der Waals surface area (Å²) in [4.78, 5) is 16.3. The molecule has 1 aliphatic heterocycles. The molecule has 1 fully saturated rings. The summed E-state index contributed by atoms with van der Waals surface area (Å²) in [5.41, 5.74) is 10.3. The van der Waals surface area contributed by atoms with E-state index in [1.165, 1.54) is 0 Å². The third-order valence-electron chi connectivity index (χ3n) is 3.32. The first-order valence-electron chi connectivity index (χ1n) is 6.33. The van der Waals surface area contributed by atoms with Crippen molar-refractivity contribution in [1.29, 1.82) is 0 Å². The van der Waals surface area contributed by atoms with Crippen LogP contribution in [-0.4, -0.2) is 29.2 Å². The fourth-order valence-corrected chi connectivity index (χ4v) is 2.39. The Labute approximate surface area is 116 Å². The molecular weight excluding hydrogens is 260 g/mol. The molecule has 1 unspecified atom stereocenters. The van der Waals surface area contributed by atoms with Gasteiger partial charge in [-0.05, 0) is 34.7 Å². The van der Waals surface area contributed by atoms with Crippen LogP contribution in [0.3, 0.4) is 0 Å². The Morgan fingerprint density at radius 1 is 1.30 bits per heavy atom. The number of benzene rings is 1. The molecule has 0 aromatic heterocycles. The van der Waals surface area contributed by atoms with Gasteiger partial charge in [-0.2, -0.15) is 0 Å². The molecule has 1 saturated heterocycles. The average Bonchev–Trinajstić information content (AvgIpc) is 2.85. The number of azide groups is 1. The molecule has 2 N–H and O–H groups in total. The van der Waals surface area contributed by atoms with Crippen molar-refractivity contribution in [2.75, 3.05) is 18.0 Å². The van der Waals surface area contributed by atoms with E-state index in [-0.39, 0.29) is 25.0 Å². The van der Waals surface area contributed by atoms with Gasteiger partial charge in [0.25, 0.3) is 0 Å². The van der Waals surface area contributed by atoms with E-state index >= 15 is 0 Å². The second-order valence-corrected chi connectivity index (χ2v) is 4.81. The summed E-state index contributed by atoms with van der Waals surface area (Å²) >= 11 is 0. The maximum absolute atomic E-state index is 12.0. The van der Waals surface area contributed by atoms with Gasteiger partial charge in [-0.1, -0.05) is 11.2 Å². The van der Waals surface area contributed by atoms with E-state index in [1.807, 2.05) is 0 Å². The highest BCUT2D eigenvalue weighted by Gasteiger charge is 2.30. The number of aliphatic hydroxyl groups is 2. The molecule has 2 rings (SSSR count). The van der Waals surface area contributed by atoms with Crippen molar-refractivity contribution >= 4 is 11.6 Å². The molecule has 0 saturated carbocycles. The standard InChI is InChI=1S/C13H16N4O3/c14-16-15-5-11-4-13(20)17(6-11)12-2-9(7-18)1-10(3-12)8-19/h1-3,11,18-19H,4-8H2. The van der Waals surface area contributed by atoms with Crippen LogP contribution < -0.4 is 4.90 Å². The van der Waals surface area contributed by atoms with E-state index in [0.29, 0.717) is 36.3 Å². The summed E-state index contributed by atoms with van der Waals surface area (Å²) in [7, 11) is 0. The minimum absolute atomic E-state index is 0.00811. The molecule has 1 aliphatic rings. The lowest BCUT2D eigenvalue weighted by Crippen LogP contribution is -2.25. The van der Waals surface area contributed by atoms with E-state index < -0.39 is 0 Å². The van der Waals surface area contributed by atoms with Crippen molar-refractivity contribution < 1.29 is 15.0 Å². The average molecular weight is 276 g/mol. The van der Waals surface area contributed by atoms with Crippen molar-refractivity contribution in [3.63, 3.8) is 0 Å². The Morgan fingerprint density at radius 3 is 2.50 bits per heavy atom. The number of anilines is 1. The smallest absolute Gasteiger partial charge is 0.227 e. The van der Waals surface area contributed by atoms with Crippen molar-refractivity contribution in [2.45, 2.75) is 19.6 Å². The van der Waals surface area contributed by atoms with Gasteiger partial charge in [0, 0.05) is 30.1 Å². The van der Waals surface area contributed by atoms with Gasteiger partial charge < -0.3 is 15.1 Å². The highest BCUT2D eigenvalue weighted by atomic mass is 16.3. The quantitative estimate of drug-likeness (QED) is 0.481.